The number of carbonyl (C=O) groups excluding carboxylic acids is 1. The fourth-order valence-corrected chi connectivity index (χ4v) is 2.40. The van der Waals surface area contributed by atoms with Gasteiger partial charge < -0.3 is 5.32 Å². The van der Waals surface area contributed by atoms with Crippen LogP contribution in [0.1, 0.15) is 53.4 Å². The summed E-state index contributed by atoms with van der Waals surface area (Å²) < 4.78 is 0. The number of nitriles is 1. The summed E-state index contributed by atoms with van der Waals surface area (Å²) in [5.41, 5.74) is -0.696. The lowest BCUT2D eigenvalue weighted by molar-refractivity contribution is -0.131. The maximum Gasteiger partial charge on any atom is 0.224 e. The number of carbonyl (C=O) groups is 1. The second-order valence-electron chi connectivity index (χ2n) is 6.01. The predicted molar refractivity (Wildman–Crippen MR) is 63.6 cm³/mol. The molecule has 0 bridgehead atoms. The number of nitrogens with one attached hydrogen (secondary N) is 1. The Morgan fingerprint density at radius 1 is 1.44 bits per heavy atom. The van der Waals surface area contributed by atoms with Gasteiger partial charge in [0.15, 0.2) is 0 Å². The average molecular weight is 222 g/mol. The summed E-state index contributed by atoms with van der Waals surface area (Å²) in [6.07, 6.45) is 4.37. The largest absolute Gasteiger partial charge is 0.338 e. The molecule has 1 rings (SSSR count). The third-order valence-corrected chi connectivity index (χ3v) is 3.54. The molecule has 90 valence electrons. The lowest BCUT2D eigenvalue weighted by atomic mass is 9.68. The Labute approximate surface area is 98.2 Å². The van der Waals surface area contributed by atoms with Crippen LogP contribution in [0.5, 0.6) is 0 Å². The highest BCUT2D eigenvalue weighted by Crippen LogP contribution is 2.40. The van der Waals surface area contributed by atoms with Gasteiger partial charge >= 0.3 is 0 Å². The van der Waals surface area contributed by atoms with Crippen molar-refractivity contribution in [1.82, 2.24) is 5.32 Å². The van der Waals surface area contributed by atoms with E-state index >= 15 is 0 Å². The van der Waals surface area contributed by atoms with Crippen molar-refractivity contribution < 1.29 is 4.79 Å². The lowest BCUT2D eigenvalue weighted by Gasteiger charge is -2.38. The standard InChI is InChI=1S/C13H22N2O/c1-12(2)8-6-5-7-10(12)11(16)15-13(3,4)9-14/h10H,5-8H2,1-4H3,(H,15,16). The predicted octanol–water partition coefficient (Wildman–Crippen LogP) is 2.62. The van der Waals surface area contributed by atoms with Crippen LogP contribution in [0, 0.1) is 22.7 Å². The van der Waals surface area contributed by atoms with Gasteiger partial charge in [-0.05, 0) is 32.1 Å². The molecule has 0 aromatic rings. The highest BCUT2D eigenvalue weighted by atomic mass is 16.2. The SMILES string of the molecule is CC(C)(C#N)NC(=O)C1CCCCC1(C)C. The fraction of sp³-hybridized carbons (Fsp3) is 0.846. The summed E-state index contributed by atoms with van der Waals surface area (Å²) in [5.74, 6) is 0.0881. The topological polar surface area (TPSA) is 52.9 Å². The van der Waals surface area contributed by atoms with Gasteiger partial charge in [0.1, 0.15) is 5.54 Å². The average Bonchev–Trinajstić information content (AvgIpc) is 2.16. The Kier molecular flexibility index (Phi) is 3.62. The van der Waals surface area contributed by atoms with E-state index in [2.05, 4.69) is 25.2 Å². The highest BCUT2D eigenvalue weighted by Gasteiger charge is 2.38. The molecule has 3 nitrogen and oxygen atoms in total. The van der Waals surface area contributed by atoms with E-state index in [1.165, 1.54) is 6.42 Å². The van der Waals surface area contributed by atoms with Gasteiger partial charge in [-0.25, -0.2) is 0 Å². The molecule has 0 heterocycles. The molecule has 1 amide bonds. The quantitative estimate of drug-likeness (QED) is 0.780. The molecule has 0 saturated heterocycles. The van der Waals surface area contributed by atoms with Crippen molar-refractivity contribution in [3.8, 4) is 6.07 Å². The Bertz CT molecular complexity index is 312. The van der Waals surface area contributed by atoms with Gasteiger partial charge in [-0.3, -0.25) is 4.79 Å². The van der Waals surface area contributed by atoms with E-state index in [0.29, 0.717) is 0 Å². The van der Waals surface area contributed by atoms with Gasteiger partial charge in [0.2, 0.25) is 5.91 Å². The first-order valence-corrected chi connectivity index (χ1v) is 6.02. The van der Waals surface area contributed by atoms with Gasteiger partial charge in [-0.1, -0.05) is 26.7 Å². The third-order valence-electron chi connectivity index (χ3n) is 3.54. The zero-order valence-corrected chi connectivity index (χ0v) is 10.8. The summed E-state index contributed by atoms with van der Waals surface area (Å²) in [6.45, 7) is 7.77. The van der Waals surface area contributed by atoms with E-state index in [1.807, 2.05) is 0 Å². The van der Waals surface area contributed by atoms with Crippen molar-refractivity contribution in [2.24, 2.45) is 11.3 Å². The molecular formula is C13H22N2O. The van der Waals surface area contributed by atoms with Gasteiger partial charge in [0.25, 0.3) is 0 Å². The number of hydrogen-bond acceptors (Lipinski definition) is 2. The summed E-state index contributed by atoms with van der Waals surface area (Å²) in [6, 6.07) is 2.11. The van der Waals surface area contributed by atoms with Crippen molar-refractivity contribution in [3.63, 3.8) is 0 Å². The van der Waals surface area contributed by atoms with Crippen molar-refractivity contribution >= 4 is 5.91 Å². The molecule has 1 aliphatic carbocycles. The molecule has 0 radical (unpaired) electrons. The minimum absolute atomic E-state index is 0.0382. The van der Waals surface area contributed by atoms with Crippen LogP contribution in [0.2, 0.25) is 0 Å². The third kappa shape index (κ3) is 2.98. The molecule has 1 N–H and O–H groups in total. The molecular weight excluding hydrogens is 200 g/mol. The van der Waals surface area contributed by atoms with Crippen LogP contribution < -0.4 is 5.32 Å². The molecule has 1 unspecified atom stereocenters. The maximum absolute atomic E-state index is 12.1. The van der Waals surface area contributed by atoms with Crippen molar-refractivity contribution in [1.29, 1.82) is 5.26 Å². The van der Waals surface area contributed by atoms with Crippen molar-refractivity contribution in [3.05, 3.63) is 0 Å². The molecule has 0 aromatic carbocycles. The van der Waals surface area contributed by atoms with Crippen molar-refractivity contribution in [2.75, 3.05) is 0 Å². The van der Waals surface area contributed by atoms with E-state index in [4.69, 9.17) is 5.26 Å². The molecule has 0 aromatic heterocycles. The van der Waals surface area contributed by atoms with Crippen LogP contribution in [0.15, 0.2) is 0 Å². The van der Waals surface area contributed by atoms with E-state index in [-0.39, 0.29) is 17.2 Å². The number of rotatable bonds is 2. The monoisotopic (exact) mass is 222 g/mol. The molecule has 1 fully saturated rings. The van der Waals surface area contributed by atoms with Crippen LogP contribution in [-0.2, 0) is 4.79 Å². The molecule has 3 heteroatoms. The summed E-state index contributed by atoms with van der Waals surface area (Å²) in [5, 5.41) is 11.7. The number of nitrogens with zero attached hydrogens (tertiary/aromatic N) is 1. The summed E-state index contributed by atoms with van der Waals surface area (Å²) in [4.78, 5) is 12.1. The number of hydrogen-bond donors (Lipinski definition) is 1. The van der Waals surface area contributed by atoms with Crippen molar-refractivity contribution in [2.45, 2.75) is 58.9 Å². The summed E-state index contributed by atoms with van der Waals surface area (Å²) in [7, 11) is 0. The minimum Gasteiger partial charge on any atom is -0.338 e. The second-order valence-corrected chi connectivity index (χ2v) is 6.01. The van der Waals surface area contributed by atoms with Gasteiger partial charge in [-0.15, -0.1) is 0 Å². The first-order chi connectivity index (χ1) is 7.28. The first kappa shape index (κ1) is 13.0. The number of amides is 1. The maximum atomic E-state index is 12.1. The highest BCUT2D eigenvalue weighted by molar-refractivity contribution is 5.80. The molecule has 0 aliphatic heterocycles. The lowest BCUT2D eigenvalue weighted by Crippen LogP contribution is -2.49. The van der Waals surface area contributed by atoms with Crippen LogP contribution in [0.3, 0.4) is 0 Å². The van der Waals surface area contributed by atoms with E-state index in [0.717, 1.165) is 19.3 Å². The molecule has 1 saturated carbocycles. The minimum atomic E-state index is -0.759. The van der Waals surface area contributed by atoms with Gasteiger partial charge in [0.05, 0.1) is 6.07 Å². The Balaban J connectivity index is 2.70. The van der Waals surface area contributed by atoms with Crippen LogP contribution in [-0.4, -0.2) is 11.4 Å². The molecule has 16 heavy (non-hydrogen) atoms. The first-order valence-electron chi connectivity index (χ1n) is 6.02. The smallest absolute Gasteiger partial charge is 0.224 e. The Morgan fingerprint density at radius 2 is 2.06 bits per heavy atom. The van der Waals surface area contributed by atoms with Crippen LogP contribution in [0.25, 0.3) is 0 Å². The normalized spacial score (nSPS) is 24.6. The second kappa shape index (κ2) is 4.45. The zero-order chi connectivity index (χ0) is 12.4. The molecule has 1 atom stereocenters. The molecule has 1 aliphatic rings. The Hall–Kier alpha value is -1.04. The van der Waals surface area contributed by atoms with E-state index in [9.17, 15) is 4.79 Å². The zero-order valence-electron chi connectivity index (χ0n) is 10.8. The van der Waals surface area contributed by atoms with E-state index < -0.39 is 5.54 Å². The molecule has 0 spiro atoms. The van der Waals surface area contributed by atoms with E-state index in [1.54, 1.807) is 13.8 Å². The van der Waals surface area contributed by atoms with Gasteiger partial charge in [0, 0.05) is 5.92 Å². The van der Waals surface area contributed by atoms with Crippen LogP contribution >= 0.6 is 0 Å². The fourth-order valence-electron chi connectivity index (χ4n) is 2.40. The summed E-state index contributed by atoms with van der Waals surface area (Å²) >= 11 is 0. The van der Waals surface area contributed by atoms with Gasteiger partial charge in [-0.2, -0.15) is 5.26 Å². The Morgan fingerprint density at radius 3 is 2.56 bits per heavy atom. The van der Waals surface area contributed by atoms with Crippen LogP contribution in [0.4, 0.5) is 0 Å².